The second-order valence-electron chi connectivity index (χ2n) is 9.15. The van der Waals surface area contributed by atoms with Crippen LogP contribution in [-0.4, -0.2) is 38.7 Å². The van der Waals surface area contributed by atoms with Crippen LogP contribution in [0.5, 0.6) is 0 Å². The third-order valence-electron chi connectivity index (χ3n) is 6.11. The van der Waals surface area contributed by atoms with Gasteiger partial charge in [-0.3, -0.25) is 4.40 Å². The Labute approximate surface area is 201 Å². The van der Waals surface area contributed by atoms with Crippen LogP contribution in [-0.2, 0) is 6.42 Å². The molecule has 4 rings (SSSR count). The van der Waals surface area contributed by atoms with Crippen LogP contribution in [0.25, 0.3) is 16.7 Å². The minimum Gasteiger partial charge on any atom is -0.320 e. The lowest BCUT2D eigenvalue weighted by atomic mass is 9.85. The number of fused-ring (bicyclic) bond motifs is 3. The van der Waals surface area contributed by atoms with Crippen LogP contribution in [0, 0.1) is 24.0 Å². The van der Waals surface area contributed by atoms with Gasteiger partial charge in [-0.05, 0) is 55.7 Å². The maximum atomic E-state index is 15.1. The molecule has 5 nitrogen and oxygen atoms in total. The zero-order valence-electron chi connectivity index (χ0n) is 19.5. The quantitative estimate of drug-likeness (QED) is 0.256. The number of benzene rings is 2. The molecule has 0 aliphatic heterocycles. The standard InChI is InChI=1S/C24H22F7N5/c1-13-33-34-22-32-21(20-17(26)5-4-6-18(20)36(13)22)35(12-19(27)28)16-10-14(9-15(25)11-16)7-8-23(2,3)24(29,30)31/h4-6,9-11,19H,7-8,12H2,1-3H3. The van der Waals surface area contributed by atoms with Gasteiger partial charge in [-0.15, -0.1) is 10.2 Å². The molecule has 36 heavy (non-hydrogen) atoms. The molecule has 0 fully saturated rings. The molecule has 0 unspecified atom stereocenters. The SMILES string of the molecule is Cc1nnc2nc(N(CC(F)F)c3cc(F)cc(CCC(C)(C)C(F)(F)F)c3)c3c(F)cccc3n12. The van der Waals surface area contributed by atoms with Crippen molar-refractivity contribution in [3.8, 4) is 0 Å². The van der Waals surface area contributed by atoms with Gasteiger partial charge in [-0.2, -0.15) is 18.2 Å². The molecule has 192 valence electrons. The van der Waals surface area contributed by atoms with E-state index < -0.39 is 36.2 Å². The van der Waals surface area contributed by atoms with Crippen molar-refractivity contribution in [1.82, 2.24) is 19.6 Å². The molecular formula is C24H22F7N5. The molecule has 0 spiro atoms. The molecular weight excluding hydrogens is 491 g/mol. The van der Waals surface area contributed by atoms with E-state index in [-0.39, 0.29) is 46.6 Å². The summed E-state index contributed by atoms with van der Waals surface area (Å²) < 4.78 is 98.3. The van der Waals surface area contributed by atoms with Gasteiger partial charge in [0, 0.05) is 5.69 Å². The van der Waals surface area contributed by atoms with Crippen LogP contribution in [0.2, 0.25) is 0 Å². The van der Waals surface area contributed by atoms with E-state index in [1.165, 1.54) is 16.5 Å². The second-order valence-corrected chi connectivity index (χ2v) is 9.15. The fourth-order valence-electron chi connectivity index (χ4n) is 3.96. The summed E-state index contributed by atoms with van der Waals surface area (Å²) in [6.07, 6.45) is -7.92. The van der Waals surface area contributed by atoms with Crippen molar-refractivity contribution in [3.05, 3.63) is 59.4 Å². The normalized spacial score (nSPS) is 12.8. The van der Waals surface area contributed by atoms with Crippen LogP contribution in [0.15, 0.2) is 36.4 Å². The summed E-state index contributed by atoms with van der Waals surface area (Å²) in [6, 6.07) is 7.42. The van der Waals surface area contributed by atoms with Crippen molar-refractivity contribution in [2.75, 3.05) is 11.4 Å². The molecule has 0 radical (unpaired) electrons. The first kappa shape index (κ1) is 25.6. The predicted molar refractivity (Wildman–Crippen MR) is 121 cm³/mol. The lowest BCUT2D eigenvalue weighted by molar-refractivity contribution is -0.213. The van der Waals surface area contributed by atoms with Crippen molar-refractivity contribution >= 4 is 28.2 Å². The van der Waals surface area contributed by atoms with Crippen molar-refractivity contribution in [3.63, 3.8) is 0 Å². The Morgan fingerprint density at radius 2 is 1.75 bits per heavy atom. The molecule has 2 heterocycles. The van der Waals surface area contributed by atoms with E-state index in [9.17, 15) is 26.3 Å². The van der Waals surface area contributed by atoms with E-state index in [2.05, 4.69) is 15.2 Å². The lowest BCUT2D eigenvalue weighted by Crippen LogP contribution is -2.32. The number of aryl methyl sites for hydroxylation is 2. The van der Waals surface area contributed by atoms with E-state index in [1.807, 2.05) is 0 Å². The van der Waals surface area contributed by atoms with Gasteiger partial charge in [0.1, 0.15) is 23.3 Å². The summed E-state index contributed by atoms with van der Waals surface area (Å²) in [7, 11) is 0. The number of hydrogen-bond donors (Lipinski definition) is 0. The Bertz CT molecular complexity index is 1410. The Kier molecular flexibility index (Phi) is 6.56. The fourth-order valence-corrected chi connectivity index (χ4v) is 3.96. The molecule has 0 amide bonds. The van der Waals surface area contributed by atoms with Crippen LogP contribution in [0.4, 0.5) is 42.2 Å². The number of rotatable bonds is 7. The highest BCUT2D eigenvalue weighted by atomic mass is 19.4. The maximum Gasteiger partial charge on any atom is 0.393 e. The van der Waals surface area contributed by atoms with Gasteiger partial charge in [0.05, 0.1) is 22.9 Å². The van der Waals surface area contributed by atoms with Crippen LogP contribution >= 0.6 is 0 Å². The van der Waals surface area contributed by atoms with Crippen LogP contribution < -0.4 is 4.90 Å². The summed E-state index contributed by atoms with van der Waals surface area (Å²) >= 11 is 0. The number of alkyl halides is 5. The van der Waals surface area contributed by atoms with Crippen LogP contribution in [0.1, 0.15) is 31.7 Å². The van der Waals surface area contributed by atoms with E-state index in [1.54, 1.807) is 13.0 Å². The predicted octanol–water partition coefficient (Wildman–Crippen LogP) is 6.79. The van der Waals surface area contributed by atoms with Gasteiger partial charge < -0.3 is 4.90 Å². The number of aromatic nitrogens is 4. The molecule has 0 aliphatic carbocycles. The van der Waals surface area contributed by atoms with E-state index >= 15 is 4.39 Å². The van der Waals surface area contributed by atoms with Gasteiger partial charge in [0.25, 0.3) is 12.2 Å². The molecule has 0 saturated heterocycles. The molecule has 2 aromatic heterocycles. The molecule has 0 bridgehead atoms. The Balaban J connectivity index is 1.86. The molecule has 0 saturated carbocycles. The first-order valence-electron chi connectivity index (χ1n) is 11.0. The zero-order chi connectivity index (χ0) is 26.4. The average Bonchev–Trinajstić information content (AvgIpc) is 3.15. The highest BCUT2D eigenvalue weighted by Crippen LogP contribution is 2.41. The summed E-state index contributed by atoms with van der Waals surface area (Å²) in [4.78, 5) is 5.21. The van der Waals surface area contributed by atoms with Gasteiger partial charge in [0.2, 0.25) is 0 Å². The summed E-state index contributed by atoms with van der Waals surface area (Å²) in [6.45, 7) is 2.70. The molecule has 0 aliphatic rings. The highest BCUT2D eigenvalue weighted by molar-refractivity contribution is 5.94. The molecule has 0 atom stereocenters. The monoisotopic (exact) mass is 513 g/mol. The zero-order valence-corrected chi connectivity index (χ0v) is 19.5. The summed E-state index contributed by atoms with van der Waals surface area (Å²) in [5, 5.41) is 7.71. The van der Waals surface area contributed by atoms with E-state index in [0.717, 1.165) is 36.9 Å². The van der Waals surface area contributed by atoms with Crippen LogP contribution in [0.3, 0.4) is 0 Å². The summed E-state index contributed by atoms with van der Waals surface area (Å²) in [5.41, 5.74) is -1.71. The van der Waals surface area contributed by atoms with Crippen molar-refractivity contribution in [2.45, 2.75) is 46.2 Å². The largest absolute Gasteiger partial charge is 0.393 e. The third kappa shape index (κ3) is 4.80. The highest BCUT2D eigenvalue weighted by Gasteiger charge is 2.46. The van der Waals surface area contributed by atoms with Gasteiger partial charge in [-0.25, -0.2) is 17.6 Å². The first-order chi connectivity index (χ1) is 16.8. The number of anilines is 2. The Morgan fingerprint density at radius 1 is 1.03 bits per heavy atom. The number of hydrogen-bond acceptors (Lipinski definition) is 4. The maximum absolute atomic E-state index is 15.1. The fraction of sp³-hybridized carbons (Fsp3) is 0.375. The smallest absolute Gasteiger partial charge is 0.320 e. The first-order valence-corrected chi connectivity index (χ1v) is 11.0. The molecule has 12 heteroatoms. The van der Waals surface area contributed by atoms with E-state index in [4.69, 9.17) is 0 Å². The van der Waals surface area contributed by atoms with Gasteiger partial charge in [-0.1, -0.05) is 19.9 Å². The summed E-state index contributed by atoms with van der Waals surface area (Å²) in [5.74, 6) is -1.43. The lowest BCUT2D eigenvalue weighted by Gasteiger charge is -2.28. The van der Waals surface area contributed by atoms with Crippen molar-refractivity contribution in [1.29, 1.82) is 0 Å². The van der Waals surface area contributed by atoms with Crippen molar-refractivity contribution < 1.29 is 30.7 Å². The number of nitrogens with zero attached hydrogens (tertiary/aromatic N) is 5. The van der Waals surface area contributed by atoms with Crippen molar-refractivity contribution in [2.24, 2.45) is 5.41 Å². The Hall–Kier alpha value is -3.44. The third-order valence-corrected chi connectivity index (χ3v) is 6.11. The second kappa shape index (κ2) is 9.21. The topological polar surface area (TPSA) is 46.3 Å². The van der Waals surface area contributed by atoms with Gasteiger partial charge >= 0.3 is 6.18 Å². The molecule has 4 aromatic rings. The minimum atomic E-state index is -4.48. The Morgan fingerprint density at radius 3 is 2.42 bits per heavy atom. The molecule has 0 N–H and O–H groups in total. The van der Waals surface area contributed by atoms with Gasteiger partial charge in [0.15, 0.2) is 0 Å². The van der Waals surface area contributed by atoms with E-state index in [0.29, 0.717) is 5.82 Å². The minimum absolute atomic E-state index is 0.0171. The average molecular weight is 513 g/mol. The number of halogens is 7. The molecule has 2 aromatic carbocycles.